The Morgan fingerprint density at radius 3 is 1.73 bits per heavy atom. The van der Waals surface area contributed by atoms with Crippen molar-refractivity contribution < 1.29 is 5.11 Å². The molecule has 0 aromatic carbocycles. The van der Waals surface area contributed by atoms with Crippen molar-refractivity contribution in [3.05, 3.63) is 0 Å². The standard InChI is InChI=1S/C12H22B4OS5/c1-4(8(17)5(14)2-13)9(19)11(21)12(22)10(20)7(16)6(15)3-18/h4-12,17-22H,2-3H2,1H3. The summed E-state index contributed by atoms with van der Waals surface area (Å²) < 4.78 is 0. The van der Waals surface area contributed by atoms with Crippen LogP contribution in [-0.4, -0.2) is 69.3 Å². The largest absolute Gasteiger partial charge is 0.393 e. The summed E-state index contributed by atoms with van der Waals surface area (Å²) in [5, 5.41) is 9.11. The molecule has 0 aliphatic carbocycles. The van der Waals surface area contributed by atoms with Crippen molar-refractivity contribution in [1.82, 2.24) is 0 Å². The summed E-state index contributed by atoms with van der Waals surface area (Å²) in [6.07, 6.45) is -0.570. The summed E-state index contributed by atoms with van der Waals surface area (Å²) in [6.45, 7) is 1.86. The van der Waals surface area contributed by atoms with Gasteiger partial charge >= 0.3 is 0 Å². The Balaban J connectivity index is 4.82. The fourth-order valence-electron chi connectivity index (χ4n) is 2.05. The number of thiol groups is 5. The van der Waals surface area contributed by atoms with E-state index < -0.39 is 11.9 Å². The first-order chi connectivity index (χ1) is 10.1. The molecule has 0 saturated carbocycles. The molecule has 0 amide bonds. The molecule has 0 aliphatic heterocycles. The Kier molecular flexibility index (Phi) is 12.6. The Morgan fingerprint density at radius 2 is 1.32 bits per heavy atom. The van der Waals surface area contributed by atoms with Crippen LogP contribution in [-0.2, 0) is 0 Å². The molecular formula is C12H22B4OS5. The van der Waals surface area contributed by atoms with Crippen LogP contribution < -0.4 is 0 Å². The van der Waals surface area contributed by atoms with Crippen LogP contribution in [0.3, 0.4) is 0 Å². The van der Waals surface area contributed by atoms with E-state index in [0.29, 0.717) is 5.75 Å². The Labute approximate surface area is 168 Å². The average Bonchev–Trinajstić information content (AvgIpc) is 2.55. The molecule has 22 heavy (non-hydrogen) atoms. The van der Waals surface area contributed by atoms with Crippen LogP contribution in [0.25, 0.3) is 0 Å². The van der Waals surface area contributed by atoms with Crippen LogP contribution >= 0.6 is 63.1 Å². The lowest BCUT2D eigenvalue weighted by Gasteiger charge is -2.37. The zero-order valence-electron chi connectivity index (χ0n) is 12.6. The molecule has 0 spiro atoms. The van der Waals surface area contributed by atoms with Crippen molar-refractivity contribution in [1.29, 1.82) is 0 Å². The molecule has 0 aromatic heterocycles. The maximum absolute atomic E-state index is 10.2. The molecule has 0 fully saturated rings. The third kappa shape index (κ3) is 6.70. The lowest BCUT2D eigenvalue weighted by Crippen LogP contribution is -2.42. The van der Waals surface area contributed by atoms with Crippen molar-refractivity contribution in [2.75, 3.05) is 5.75 Å². The lowest BCUT2D eigenvalue weighted by atomic mass is 9.65. The molecule has 0 bridgehead atoms. The zero-order valence-corrected chi connectivity index (χ0v) is 17.1. The summed E-state index contributed by atoms with van der Waals surface area (Å²) in [5.41, 5.74) is 0. The number of rotatable bonds is 10. The third-order valence-electron chi connectivity index (χ3n) is 3.94. The van der Waals surface area contributed by atoms with E-state index in [9.17, 15) is 5.11 Å². The van der Waals surface area contributed by atoms with Crippen LogP contribution in [0.15, 0.2) is 0 Å². The summed E-state index contributed by atoms with van der Waals surface area (Å²) in [7, 11) is 23.2. The molecule has 0 aromatic rings. The molecule has 9 atom stereocenters. The topological polar surface area (TPSA) is 20.2 Å². The quantitative estimate of drug-likeness (QED) is 0.249. The van der Waals surface area contributed by atoms with Gasteiger partial charge in [0, 0.05) is 21.0 Å². The van der Waals surface area contributed by atoms with E-state index in [2.05, 4.69) is 63.1 Å². The van der Waals surface area contributed by atoms with Crippen molar-refractivity contribution in [2.24, 2.45) is 5.92 Å². The third-order valence-corrected chi connectivity index (χ3v) is 7.81. The monoisotopic (exact) mass is 386 g/mol. The highest BCUT2D eigenvalue weighted by Gasteiger charge is 2.35. The van der Waals surface area contributed by atoms with Gasteiger partial charge in [0.05, 0.1) is 37.5 Å². The van der Waals surface area contributed by atoms with Gasteiger partial charge in [-0.15, -0.1) is 0 Å². The highest BCUT2D eigenvalue weighted by Crippen LogP contribution is 2.37. The van der Waals surface area contributed by atoms with E-state index >= 15 is 0 Å². The van der Waals surface area contributed by atoms with Gasteiger partial charge in [0.2, 0.25) is 0 Å². The minimum Gasteiger partial charge on any atom is -0.393 e. The summed E-state index contributed by atoms with van der Waals surface area (Å²) in [6, 6.07) is 0. The second-order valence-electron chi connectivity index (χ2n) is 5.64. The smallest absolute Gasteiger partial charge is 0.0724 e. The number of aliphatic hydroxyl groups is 1. The minimum atomic E-state index is -0.769. The van der Waals surface area contributed by atoms with Crippen molar-refractivity contribution >= 4 is 94.5 Å². The molecular weight excluding hydrogens is 364 g/mol. The van der Waals surface area contributed by atoms with Crippen LogP contribution in [0, 0.1) is 5.92 Å². The van der Waals surface area contributed by atoms with Crippen molar-refractivity contribution in [2.45, 2.75) is 57.8 Å². The maximum Gasteiger partial charge on any atom is 0.0724 e. The molecule has 9 unspecified atom stereocenters. The highest BCUT2D eigenvalue weighted by atomic mass is 32.1. The molecule has 1 N–H and O–H groups in total. The van der Waals surface area contributed by atoms with E-state index in [4.69, 9.17) is 31.4 Å². The van der Waals surface area contributed by atoms with E-state index in [-0.39, 0.29) is 44.9 Å². The van der Waals surface area contributed by atoms with Crippen LogP contribution in [0.1, 0.15) is 6.92 Å². The average molecular weight is 386 g/mol. The Bertz CT molecular complexity index is 289. The van der Waals surface area contributed by atoms with Gasteiger partial charge in [-0.3, -0.25) is 0 Å². The predicted octanol–water partition coefficient (Wildman–Crippen LogP) is 1.56. The predicted molar refractivity (Wildman–Crippen MR) is 119 cm³/mol. The fourth-order valence-corrected chi connectivity index (χ4v) is 4.17. The molecule has 10 heteroatoms. The van der Waals surface area contributed by atoms with E-state index in [0.717, 1.165) is 0 Å². The van der Waals surface area contributed by atoms with Gasteiger partial charge in [0.1, 0.15) is 0 Å². The SMILES string of the molecule is [B]CC([B])C(O)C(C)C(S)C(S)C(S)C(S)C([B])C([B])CS. The highest BCUT2D eigenvalue weighted by molar-refractivity contribution is 7.88. The molecule has 0 rings (SSSR count). The first-order valence-corrected chi connectivity index (χ1v) is 9.77. The summed E-state index contributed by atoms with van der Waals surface area (Å²) in [4.78, 5) is 0. The first-order valence-electron chi connectivity index (χ1n) is 7.08. The van der Waals surface area contributed by atoms with Gasteiger partial charge in [-0.05, 0) is 11.7 Å². The van der Waals surface area contributed by atoms with Crippen LogP contribution in [0.4, 0.5) is 0 Å². The van der Waals surface area contributed by atoms with Crippen molar-refractivity contribution in [3.63, 3.8) is 0 Å². The molecule has 0 aliphatic rings. The number of hydrogen-bond acceptors (Lipinski definition) is 6. The van der Waals surface area contributed by atoms with Gasteiger partial charge in [0.15, 0.2) is 0 Å². The number of hydrogen-bond donors (Lipinski definition) is 6. The van der Waals surface area contributed by atoms with Gasteiger partial charge in [0.25, 0.3) is 0 Å². The summed E-state index contributed by atoms with van der Waals surface area (Å²) in [5.74, 6) is -0.913. The normalized spacial score (nSPS) is 24.5. The Morgan fingerprint density at radius 1 is 0.864 bits per heavy atom. The van der Waals surface area contributed by atoms with Gasteiger partial charge in [-0.25, -0.2) is 0 Å². The zero-order chi connectivity index (χ0) is 17.6. The first kappa shape index (κ1) is 24.0. The second-order valence-corrected chi connectivity index (χ2v) is 8.39. The molecule has 1 nitrogen and oxygen atoms in total. The second kappa shape index (κ2) is 11.6. The van der Waals surface area contributed by atoms with E-state index in [1.165, 1.54) is 0 Å². The molecule has 118 valence electrons. The van der Waals surface area contributed by atoms with Gasteiger partial charge in [-0.1, -0.05) is 30.7 Å². The van der Waals surface area contributed by atoms with Gasteiger partial charge < -0.3 is 5.11 Å². The Hall–Kier alpha value is 1.97. The van der Waals surface area contributed by atoms with E-state index in [1.807, 2.05) is 6.92 Å². The fraction of sp³-hybridized carbons (Fsp3) is 1.00. The van der Waals surface area contributed by atoms with E-state index in [1.54, 1.807) is 0 Å². The molecule has 8 radical (unpaired) electrons. The van der Waals surface area contributed by atoms with Crippen LogP contribution in [0.2, 0.25) is 23.8 Å². The minimum absolute atomic E-state index is 0.199. The van der Waals surface area contributed by atoms with Gasteiger partial charge in [-0.2, -0.15) is 63.1 Å². The molecule has 0 saturated heterocycles. The molecule has 0 heterocycles. The number of aliphatic hydroxyl groups excluding tert-OH is 1. The summed E-state index contributed by atoms with van der Waals surface area (Å²) >= 11 is 22.4. The lowest BCUT2D eigenvalue weighted by molar-refractivity contribution is 0.112. The van der Waals surface area contributed by atoms with Crippen molar-refractivity contribution in [3.8, 4) is 0 Å². The van der Waals surface area contributed by atoms with Crippen LogP contribution in [0.5, 0.6) is 0 Å². The maximum atomic E-state index is 10.2.